The van der Waals surface area contributed by atoms with E-state index in [0.29, 0.717) is 12.0 Å². The number of anilines is 1. The van der Waals surface area contributed by atoms with E-state index in [1.807, 2.05) is 0 Å². The van der Waals surface area contributed by atoms with Crippen LogP contribution in [-0.4, -0.2) is 29.3 Å². The van der Waals surface area contributed by atoms with Crippen molar-refractivity contribution < 1.29 is 18.8 Å². The first kappa shape index (κ1) is 18.8. The second-order valence-electron chi connectivity index (χ2n) is 6.12. The van der Waals surface area contributed by atoms with Crippen LogP contribution >= 0.6 is 11.6 Å². The maximum absolute atomic E-state index is 13.8. The molecule has 2 aromatic rings. The van der Waals surface area contributed by atoms with Crippen LogP contribution in [0.4, 0.5) is 14.9 Å². The monoisotopic (exact) mass is 389 g/mol. The number of nitrogens with zero attached hydrogens (tertiary/aromatic N) is 1. The molecule has 0 radical (unpaired) electrons. The summed E-state index contributed by atoms with van der Waals surface area (Å²) in [7, 11) is 0. The van der Waals surface area contributed by atoms with E-state index in [2.05, 4.69) is 10.6 Å². The second-order valence-corrected chi connectivity index (χ2v) is 6.56. The van der Waals surface area contributed by atoms with Gasteiger partial charge in [-0.25, -0.2) is 9.18 Å². The molecule has 0 bridgehead atoms. The first-order valence-electron chi connectivity index (χ1n) is 8.32. The molecule has 4 amide bonds. The van der Waals surface area contributed by atoms with E-state index >= 15 is 0 Å². The van der Waals surface area contributed by atoms with Gasteiger partial charge < -0.3 is 10.6 Å². The molecule has 1 fully saturated rings. The molecular weight excluding hydrogens is 373 g/mol. The Morgan fingerprint density at radius 3 is 2.59 bits per heavy atom. The van der Waals surface area contributed by atoms with Gasteiger partial charge in [-0.3, -0.25) is 14.5 Å². The number of carbonyl (C=O) groups is 3. The van der Waals surface area contributed by atoms with E-state index in [9.17, 15) is 18.8 Å². The maximum atomic E-state index is 13.8. The number of hydrogen-bond donors (Lipinski definition) is 2. The Labute approximate surface area is 160 Å². The highest BCUT2D eigenvalue weighted by molar-refractivity contribution is 6.30. The van der Waals surface area contributed by atoms with Gasteiger partial charge in [0.15, 0.2) is 0 Å². The Kier molecular flexibility index (Phi) is 5.14. The molecule has 140 valence electrons. The van der Waals surface area contributed by atoms with Crippen molar-refractivity contribution in [2.24, 2.45) is 0 Å². The van der Waals surface area contributed by atoms with Crippen LogP contribution in [0.25, 0.3) is 0 Å². The fourth-order valence-corrected chi connectivity index (χ4v) is 3.23. The number of amides is 4. The van der Waals surface area contributed by atoms with E-state index in [4.69, 9.17) is 11.6 Å². The van der Waals surface area contributed by atoms with Crippen LogP contribution in [0.2, 0.25) is 5.02 Å². The molecule has 0 saturated carbocycles. The molecule has 0 aliphatic carbocycles. The maximum Gasteiger partial charge on any atom is 0.325 e. The number of nitrogens with one attached hydrogen (secondary N) is 2. The van der Waals surface area contributed by atoms with Crippen LogP contribution in [0.15, 0.2) is 48.5 Å². The summed E-state index contributed by atoms with van der Waals surface area (Å²) in [4.78, 5) is 38.4. The zero-order valence-electron chi connectivity index (χ0n) is 14.5. The average Bonchev–Trinajstić information content (AvgIpc) is 2.90. The van der Waals surface area contributed by atoms with Crippen molar-refractivity contribution in [2.75, 3.05) is 11.9 Å². The first-order chi connectivity index (χ1) is 12.9. The highest BCUT2D eigenvalue weighted by Gasteiger charge is 2.51. The van der Waals surface area contributed by atoms with Gasteiger partial charge in [-0.1, -0.05) is 48.9 Å². The minimum atomic E-state index is -1.22. The zero-order chi connectivity index (χ0) is 19.6. The number of hydrogen-bond acceptors (Lipinski definition) is 3. The summed E-state index contributed by atoms with van der Waals surface area (Å²) in [5, 5.41) is 5.26. The largest absolute Gasteiger partial charge is 0.325 e. The van der Waals surface area contributed by atoms with Crippen LogP contribution in [0, 0.1) is 5.82 Å². The Balaban J connectivity index is 1.79. The predicted octanol–water partition coefficient (Wildman–Crippen LogP) is 3.27. The molecule has 2 aromatic carbocycles. The fourth-order valence-electron chi connectivity index (χ4n) is 3.06. The van der Waals surface area contributed by atoms with Crippen molar-refractivity contribution in [3.05, 3.63) is 64.9 Å². The lowest BCUT2D eigenvalue weighted by Crippen LogP contribution is -2.44. The van der Waals surface area contributed by atoms with Gasteiger partial charge in [0.05, 0.1) is 5.69 Å². The standard InChI is InChI=1S/C19H17ClFN3O3/c1-2-19(12-6-4-3-5-7-12)17(26)24(18(27)23-19)11-16(25)22-15-10-13(20)8-9-14(15)21/h3-10H,2,11H2,1H3,(H,22,25)(H,23,27). The summed E-state index contributed by atoms with van der Waals surface area (Å²) in [6.45, 7) is 1.24. The number of imide groups is 1. The Morgan fingerprint density at radius 1 is 1.22 bits per heavy atom. The molecule has 3 rings (SSSR count). The summed E-state index contributed by atoms with van der Waals surface area (Å²) < 4.78 is 13.8. The van der Waals surface area contributed by atoms with Crippen LogP contribution < -0.4 is 10.6 Å². The average molecular weight is 390 g/mol. The summed E-state index contributed by atoms with van der Waals surface area (Å²) in [6.07, 6.45) is 0.322. The van der Waals surface area contributed by atoms with E-state index < -0.39 is 35.7 Å². The molecule has 27 heavy (non-hydrogen) atoms. The number of halogens is 2. The van der Waals surface area contributed by atoms with Crippen LogP contribution in [0.3, 0.4) is 0 Å². The number of urea groups is 1. The number of benzene rings is 2. The molecular formula is C19H17ClFN3O3. The van der Waals surface area contributed by atoms with Crippen LogP contribution in [0.5, 0.6) is 0 Å². The van der Waals surface area contributed by atoms with E-state index in [1.165, 1.54) is 12.1 Å². The molecule has 1 aliphatic rings. The molecule has 0 spiro atoms. The Morgan fingerprint density at radius 2 is 1.93 bits per heavy atom. The molecule has 1 saturated heterocycles. The molecule has 1 heterocycles. The van der Waals surface area contributed by atoms with Gasteiger partial charge in [-0.2, -0.15) is 0 Å². The summed E-state index contributed by atoms with van der Waals surface area (Å²) >= 11 is 5.79. The minimum Gasteiger partial charge on any atom is -0.322 e. The van der Waals surface area contributed by atoms with Crippen LogP contribution in [-0.2, 0) is 15.1 Å². The lowest BCUT2D eigenvalue weighted by Gasteiger charge is -2.25. The predicted molar refractivity (Wildman–Crippen MR) is 98.7 cm³/mol. The van der Waals surface area contributed by atoms with Gasteiger partial charge in [-0.15, -0.1) is 0 Å². The van der Waals surface area contributed by atoms with E-state index in [1.54, 1.807) is 37.3 Å². The topological polar surface area (TPSA) is 78.5 Å². The zero-order valence-corrected chi connectivity index (χ0v) is 15.2. The normalized spacial score (nSPS) is 19.1. The quantitative estimate of drug-likeness (QED) is 0.770. The molecule has 6 nitrogen and oxygen atoms in total. The third-order valence-electron chi connectivity index (χ3n) is 4.48. The highest BCUT2D eigenvalue weighted by atomic mass is 35.5. The summed E-state index contributed by atoms with van der Waals surface area (Å²) in [5.41, 5.74) is -0.709. The van der Waals surface area contributed by atoms with Gasteiger partial charge in [0, 0.05) is 5.02 Å². The fraction of sp³-hybridized carbons (Fsp3) is 0.211. The third kappa shape index (κ3) is 3.50. The molecule has 1 aliphatic heterocycles. The van der Waals surface area contributed by atoms with Crippen molar-refractivity contribution in [1.82, 2.24) is 10.2 Å². The molecule has 2 N–H and O–H groups in total. The SMILES string of the molecule is CCC1(c2ccccc2)NC(=O)N(CC(=O)Nc2cc(Cl)ccc2F)C1=O. The van der Waals surface area contributed by atoms with E-state index in [-0.39, 0.29) is 10.7 Å². The van der Waals surface area contributed by atoms with Gasteiger partial charge in [0.1, 0.15) is 17.9 Å². The molecule has 0 aromatic heterocycles. The first-order valence-corrected chi connectivity index (χ1v) is 8.69. The number of carbonyl (C=O) groups excluding carboxylic acids is 3. The van der Waals surface area contributed by atoms with Gasteiger partial charge in [0.25, 0.3) is 5.91 Å². The number of rotatable bonds is 5. The van der Waals surface area contributed by atoms with Crippen molar-refractivity contribution >= 4 is 35.1 Å². The van der Waals surface area contributed by atoms with Gasteiger partial charge in [0.2, 0.25) is 5.91 Å². The van der Waals surface area contributed by atoms with Gasteiger partial charge in [-0.05, 0) is 30.2 Å². The van der Waals surface area contributed by atoms with Crippen molar-refractivity contribution in [3.8, 4) is 0 Å². The summed E-state index contributed by atoms with van der Waals surface area (Å²) in [5.74, 6) is -1.90. The lowest BCUT2D eigenvalue weighted by atomic mass is 9.87. The lowest BCUT2D eigenvalue weighted by molar-refractivity contribution is -0.134. The molecule has 1 unspecified atom stereocenters. The smallest absolute Gasteiger partial charge is 0.322 e. The summed E-state index contributed by atoms with van der Waals surface area (Å²) in [6, 6.07) is 11.9. The van der Waals surface area contributed by atoms with Crippen molar-refractivity contribution in [1.29, 1.82) is 0 Å². The Hall–Kier alpha value is -2.93. The Bertz CT molecular complexity index is 906. The van der Waals surface area contributed by atoms with Gasteiger partial charge >= 0.3 is 6.03 Å². The third-order valence-corrected chi connectivity index (χ3v) is 4.71. The second kappa shape index (κ2) is 7.36. The van der Waals surface area contributed by atoms with E-state index in [0.717, 1.165) is 11.0 Å². The molecule has 1 atom stereocenters. The minimum absolute atomic E-state index is 0.121. The molecule has 8 heteroatoms. The van der Waals surface area contributed by atoms with Crippen LogP contribution in [0.1, 0.15) is 18.9 Å². The van der Waals surface area contributed by atoms with Crippen molar-refractivity contribution in [3.63, 3.8) is 0 Å². The van der Waals surface area contributed by atoms with Crippen molar-refractivity contribution in [2.45, 2.75) is 18.9 Å². The highest BCUT2D eigenvalue weighted by Crippen LogP contribution is 2.32.